The molecule has 0 spiro atoms. The van der Waals surface area contributed by atoms with Gasteiger partial charge in [0.1, 0.15) is 0 Å². The van der Waals surface area contributed by atoms with Gasteiger partial charge < -0.3 is 5.32 Å². The van der Waals surface area contributed by atoms with E-state index in [1.54, 1.807) is 0 Å². The summed E-state index contributed by atoms with van der Waals surface area (Å²) < 4.78 is 0. The standard InChI is InChI=1S/C14H31N/c1-6-8-9-10-11-12-13(15-5)14(3,4)7-2/h13,15H,6-12H2,1-5H3. The van der Waals surface area contributed by atoms with E-state index < -0.39 is 0 Å². The molecule has 92 valence electrons. The molecular formula is C14H31N. The summed E-state index contributed by atoms with van der Waals surface area (Å²) in [6.45, 7) is 9.32. The summed E-state index contributed by atoms with van der Waals surface area (Å²) in [6, 6.07) is 0.684. The van der Waals surface area contributed by atoms with Crippen LogP contribution in [0.3, 0.4) is 0 Å². The van der Waals surface area contributed by atoms with Crippen LogP contribution in [0.25, 0.3) is 0 Å². The van der Waals surface area contributed by atoms with Crippen molar-refractivity contribution in [3.05, 3.63) is 0 Å². The monoisotopic (exact) mass is 213 g/mol. The molecule has 1 unspecified atom stereocenters. The Hall–Kier alpha value is -0.0400. The van der Waals surface area contributed by atoms with Crippen molar-refractivity contribution < 1.29 is 0 Å². The van der Waals surface area contributed by atoms with Crippen molar-refractivity contribution in [1.82, 2.24) is 5.32 Å². The van der Waals surface area contributed by atoms with Crippen molar-refractivity contribution in [2.75, 3.05) is 7.05 Å². The van der Waals surface area contributed by atoms with E-state index in [0.29, 0.717) is 11.5 Å². The van der Waals surface area contributed by atoms with Gasteiger partial charge in [-0.25, -0.2) is 0 Å². The highest BCUT2D eigenvalue weighted by Crippen LogP contribution is 2.28. The Labute approximate surface area is 97.0 Å². The summed E-state index contributed by atoms with van der Waals surface area (Å²) in [5.74, 6) is 0. The molecule has 0 aliphatic carbocycles. The lowest BCUT2D eigenvalue weighted by atomic mass is 9.79. The van der Waals surface area contributed by atoms with Gasteiger partial charge >= 0.3 is 0 Å². The number of hydrogen-bond donors (Lipinski definition) is 1. The van der Waals surface area contributed by atoms with Gasteiger partial charge in [-0.3, -0.25) is 0 Å². The van der Waals surface area contributed by atoms with Gasteiger partial charge in [0, 0.05) is 6.04 Å². The number of unbranched alkanes of at least 4 members (excludes halogenated alkanes) is 4. The second-order valence-electron chi connectivity index (χ2n) is 5.39. The van der Waals surface area contributed by atoms with E-state index in [4.69, 9.17) is 0 Å². The maximum Gasteiger partial charge on any atom is 0.0115 e. The first-order valence-corrected chi connectivity index (χ1v) is 6.75. The Morgan fingerprint density at radius 2 is 1.60 bits per heavy atom. The SMILES string of the molecule is CCCCCCCC(NC)C(C)(C)CC. The van der Waals surface area contributed by atoms with Crippen molar-refractivity contribution in [3.8, 4) is 0 Å². The van der Waals surface area contributed by atoms with Crippen LogP contribution in [0.4, 0.5) is 0 Å². The molecular weight excluding hydrogens is 182 g/mol. The normalized spacial score (nSPS) is 14.2. The van der Waals surface area contributed by atoms with Crippen molar-refractivity contribution in [2.24, 2.45) is 5.41 Å². The van der Waals surface area contributed by atoms with Gasteiger partial charge in [-0.1, -0.05) is 59.8 Å². The fourth-order valence-electron chi connectivity index (χ4n) is 2.12. The van der Waals surface area contributed by atoms with Crippen LogP contribution in [-0.4, -0.2) is 13.1 Å². The molecule has 0 saturated heterocycles. The van der Waals surface area contributed by atoms with Crippen molar-refractivity contribution in [3.63, 3.8) is 0 Å². The highest BCUT2D eigenvalue weighted by atomic mass is 14.9. The molecule has 0 aromatic heterocycles. The molecule has 0 radical (unpaired) electrons. The molecule has 0 aliphatic heterocycles. The molecule has 0 amide bonds. The van der Waals surface area contributed by atoms with Crippen LogP contribution in [0.2, 0.25) is 0 Å². The van der Waals surface area contributed by atoms with Crippen LogP contribution in [0.1, 0.15) is 72.6 Å². The van der Waals surface area contributed by atoms with E-state index >= 15 is 0 Å². The predicted molar refractivity (Wildman–Crippen MR) is 70.3 cm³/mol. The Morgan fingerprint density at radius 3 is 2.07 bits per heavy atom. The molecule has 0 rings (SSSR count). The quantitative estimate of drug-likeness (QED) is 0.561. The molecule has 0 saturated carbocycles. The largest absolute Gasteiger partial charge is 0.316 e. The zero-order valence-corrected chi connectivity index (χ0v) is 11.5. The van der Waals surface area contributed by atoms with Crippen molar-refractivity contribution in [2.45, 2.75) is 78.7 Å². The van der Waals surface area contributed by atoms with Gasteiger partial charge in [-0.15, -0.1) is 0 Å². The van der Waals surface area contributed by atoms with Crippen LogP contribution >= 0.6 is 0 Å². The van der Waals surface area contributed by atoms with Crippen LogP contribution in [0.15, 0.2) is 0 Å². The maximum absolute atomic E-state index is 3.48. The van der Waals surface area contributed by atoms with Crippen LogP contribution in [-0.2, 0) is 0 Å². The van der Waals surface area contributed by atoms with Gasteiger partial charge in [0.2, 0.25) is 0 Å². The highest BCUT2D eigenvalue weighted by Gasteiger charge is 2.25. The predicted octanol–water partition coefficient (Wildman–Crippen LogP) is 4.37. The number of hydrogen-bond acceptors (Lipinski definition) is 1. The molecule has 1 N–H and O–H groups in total. The Kier molecular flexibility index (Phi) is 8.13. The lowest BCUT2D eigenvalue weighted by Crippen LogP contribution is -2.39. The maximum atomic E-state index is 3.48. The smallest absolute Gasteiger partial charge is 0.0115 e. The fourth-order valence-corrected chi connectivity index (χ4v) is 2.12. The second kappa shape index (κ2) is 8.15. The third-order valence-electron chi connectivity index (χ3n) is 3.80. The first-order chi connectivity index (χ1) is 7.08. The first kappa shape index (κ1) is 15.0. The third kappa shape index (κ3) is 6.19. The molecule has 1 heteroatoms. The fraction of sp³-hybridized carbons (Fsp3) is 1.00. The van der Waals surface area contributed by atoms with Gasteiger partial charge in [0.25, 0.3) is 0 Å². The zero-order valence-electron chi connectivity index (χ0n) is 11.5. The van der Waals surface area contributed by atoms with Gasteiger partial charge in [-0.2, -0.15) is 0 Å². The van der Waals surface area contributed by atoms with Gasteiger partial charge in [-0.05, 0) is 25.3 Å². The Balaban J connectivity index is 3.71. The minimum atomic E-state index is 0.444. The summed E-state index contributed by atoms with van der Waals surface area (Å²) in [4.78, 5) is 0. The highest BCUT2D eigenvalue weighted by molar-refractivity contribution is 4.81. The third-order valence-corrected chi connectivity index (χ3v) is 3.80. The molecule has 0 aliphatic rings. The van der Waals surface area contributed by atoms with Crippen molar-refractivity contribution in [1.29, 1.82) is 0 Å². The Morgan fingerprint density at radius 1 is 1.00 bits per heavy atom. The molecule has 1 atom stereocenters. The lowest BCUT2D eigenvalue weighted by molar-refractivity contribution is 0.226. The molecule has 0 bridgehead atoms. The molecule has 0 aromatic rings. The van der Waals surface area contributed by atoms with E-state index in [9.17, 15) is 0 Å². The van der Waals surface area contributed by atoms with E-state index in [0.717, 1.165) is 0 Å². The molecule has 1 nitrogen and oxygen atoms in total. The van der Waals surface area contributed by atoms with Gasteiger partial charge in [0.15, 0.2) is 0 Å². The van der Waals surface area contributed by atoms with E-state index in [1.807, 2.05) is 0 Å². The summed E-state index contributed by atoms with van der Waals surface area (Å²) in [7, 11) is 2.11. The van der Waals surface area contributed by atoms with Gasteiger partial charge in [0.05, 0.1) is 0 Å². The topological polar surface area (TPSA) is 12.0 Å². The van der Waals surface area contributed by atoms with E-state index in [2.05, 4.69) is 40.1 Å². The number of nitrogens with one attached hydrogen (secondary N) is 1. The van der Waals surface area contributed by atoms with Crippen molar-refractivity contribution >= 4 is 0 Å². The average Bonchev–Trinajstić information content (AvgIpc) is 2.23. The molecule has 0 aromatic carbocycles. The minimum absolute atomic E-state index is 0.444. The average molecular weight is 213 g/mol. The molecule has 15 heavy (non-hydrogen) atoms. The second-order valence-corrected chi connectivity index (χ2v) is 5.39. The summed E-state index contributed by atoms with van der Waals surface area (Å²) in [6.07, 6.45) is 9.55. The summed E-state index contributed by atoms with van der Waals surface area (Å²) in [5.41, 5.74) is 0.444. The first-order valence-electron chi connectivity index (χ1n) is 6.75. The van der Waals surface area contributed by atoms with Crippen LogP contribution < -0.4 is 5.32 Å². The van der Waals surface area contributed by atoms with E-state index in [-0.39, 0.29) is 0 Å². The summed E-state index contributed by atoms with van der Waals surface area (Å²) >= 11 is 0. The molecule has 0 heterocycles. The lowest BCUT2D eigenvalue weighted by Gasteiger charge is -2.33. The number of rotatable bonds is 9. The molecule has 0 fully saturated rings. The summed E-state index contributed by atoms with van der Waals surface area (Å²) in [5, 5.41) is 3.48. The van der Waals surface area contributed by atoms with Crippen LogP contribution in [0.5, 0.6) is 0 Å². The van der Waals surface area contributed by atoms with Crippen LogP contribution in [0, 0.1) is 5.41 Å². The minimum Gasteiger partial charge on any atom is -0.316 e. The zero-order chi connectivity index (χ0) is 11.7. The van der Waals surface area contributed by atoms with E-state index in [1.165, 1.54) is 44.9 Å². The Bertz CT molecular complexity index is 140.